The number of hydrogen-bond donors (Lipinski definition) is 1. The number of aryl methyl sites for hydroxylation is 2. The summed E-state index contributed by atoms with van der Waals surface area (Å²) in [6.45, 7) is 3.66. The molecule has 0 spiro atoms. The quantitative estimate of drug-likeness (QED) is 0.829. The highest BCUT2D eigenvalue weighted by molar-refractivity contribution is 6.30. The molecule has 6 heteroatoms. The van der Waals surface area contributed by atoms with Gasteiger partial charge in [0, 0.05) is 11.1 Å². The first-order chi connectivity index (χ1) is 8.06. The molecular formula is C11H11ClN4O. The summed E-state index contributed by atoms with van der Waals surface area (Å²) < 4.78 is 5.43. The van der Waals surface area contributed by atoms with Gasteiger partial charge in [-0.1, -0.05) is 16.7 Å². The summed E-state index contributed by atoms with van der Waals surface area (Å²) in [5.74, 6) is 0.419. The van der Waals surface area contributed by atoms with Gasteiger partial charge in [0.25, 0.3) is 0 Å². The number of benzene rings is 1. The van der Waals surface area contributed by atoms with Crippen molar-refractivity contribution in [3.8, 4) is 11.8 Å². The number of aromatic nitrogens is 3. The molecule has 0 fully saturated rings. The Hall–Kier alpha value is -1.88. The van der Waals surface area contributed by atoms with Gasteiger partial charge in [-0.3, -0.25) is 0 Å². The molecule has 2 rings (SSSR count). The standard InChI is InChI=1S/C11H11ClN4O/c1-6-7(2)15-16-11(14-6)17-10-5-8(12)3-4-9(10)13/h3-5H,13H2,1-2H3. The van der Waals surface area contributed by atoms with Crippen LogP contribution in [0, 0.1) is 13.8 Å². The molecule has 1 heterocycles. The zero-order valence-electron chi connectivity index (χ0n) is 9.44. The van der Waals surface area contributed by atoms with Crippen LogP contribution >= 0.6 is 11.6 Å². The summed E-state index contributed by atoms with van der Waals surface area (Å²) in [4.78, 5) is 4.14. The second-order valence-electron chi connectivity index (χ2n) is 3.55. The first kappa shape index (κ1) is 11.6. The smallest absolute Gasteiger partial charge is 0.341 e. The maximum Gasteiger partial charge on any atom is 0.341 e. The molecule has 0 atom stereocenters. The van der Waals surface area contributed by atoms with Gasteiger partial charge in [0.15, 0.2) is 5.75 Å². The van der Waals surface area contributed by atoms with E-state index >= 15 is 0 Å². The van der Waals surface area contributed by atoms with Gasteiger partial charge in [-0.15, -0.1) is 5.10 Å². The van der Waals surface area contributed by atoms with Crippen molar-refractivity contribution in [2.75, 3.05) is 5.73 Å². The predicted octanol–water partition coefficient (Wildman–Crippen LogP) is 2.52. The van der Waals surface area contributed by atoms with Gasteiger partial charge < -0.3 is 10.5 Å². The molecule has 1 aromatic heterocycles. The lowest BCUT2D eigenvalue weighted by atomic mass is 10.3. The van der Waals surface area contributed by atoms with Crippen LogP contribution in [0.2, 0.25) is 5.02 Å². The lowest BCUT2D eigenvalue weighted by Crippen LogP contribution is -2.00. The maximum absolute atomic E-state index is 5.85. The normalized spacial score (nSPS) is 10.3. The second kappa shape index (κ2) is 4.55. The number of ether oxygens (including phenoxy) is 1. The van der Waals surface area contributed by atoms with Crippen LogP contribution < -0.4 is 10.5 Å². The van der Waals surface area contributed by atoms with E-state index in [1.54, 1.807) is 18.2 Å². The molecule has 5 nitrogen and oxygen atoms in total. The molecule has 0 bridgehead atoms. The Morgan fingerprint density at radius 1 is 1.18 bits per heavy atom. The van der Waals surface area contributed by atoms with E-state index < -0.39 is 0 Å². The van der Waals surface area contributed by atoms with E-state index in [2.05, 4.69) is 15.2 Å². The number of hydrogen-bond acceptors (Lipinski definition) is 5. The first-order valence-corrected chi connectivity index (χ1v) is 5.35. The van der Waals surface area contributed by atoms with Crippen molar-refractivity contribution in [2.24, 2.45) is 0 Å². The van der Waals surface area contributed by atoms with E-state index in [0.29, 0.717) is 16.5 Å². The zero-order chi connectivity index (χ0) is 12.4. The summed E-state index contributed by atoms with van der Waals surface area (Å²) in [7, 11) is 0. The van der Waals surface area contributed by atoms with Crippen LogP contribution in [0.1, 0.15) is 11.4 Å². The molecule has 0 unspecified atom stereocenters. The van der Waals surface area contributed by atoms with E-state index in [1.165, 1.54) is 0 Å². The zero-order valence-corrected chi connectivity index (χ0v) is 10.2. The summed E-state index contributed by atoms with van der Waals surface area (Å²) >= 11 is 5.85. The molecule has 0 saturated carbocycles. The average molecular weight is 251 g/mol. The molecule has 17 heavy (non-hydrogen) atoms. The summed E-state index contributed by atoms with van der Waals surface area (Å²) in [6, 6.07) is 5.10. The molecule has 88 valence electrons. The molecule has 0 amide bonds. The minimum Gasteiger partial charge on any atom is -0.421 e. The van der Waals surface area contributed by atoms with Crippen molar-refractivity contribution in [3.05, 3.63) is 34.6 Å². The van der Waals surface area contributed by atoms with Crippen LogP contribution in [-0.2, 0) is 0 Å². The number of nitrogens with zero attached hydrogens (tertiary/aromatic N) is 3. The largest absolute Gasteiger partial charge is 0.421 e. The predicted molar refractivity (Wildman–Crippen MR) is 65.2 cm³/mol. The molecule has 0 aliphatic heterocycles. The van der Waals surface area contributed by atoms with Crippen molar-refractivity contribution in [1.29, 1.82) is 0 Å². The number of anilines is 1. The molecule has 0 aliphatic carbocycles. The van der Waals surface area contributed by atoms with Crippen molar-refractivity contribution in [2.45, 2.75) is 13.8 Å². The highest BCUT2D eigenvalue weighted by atomic mass is 35.5. The van der Waals surface area contributed by atoms with Crippen LogP contribution in [0.4, 0.5) is 5.69 Å². The first-order valence-electron chi connectivity index (χ1n) is 4.97. The van der Waals surface area contributed by atoms with Crippen molar-refractivity contribution >= 4 is 17.3 Å². The SMILES string of the molecule is Cc1nnc(Oc2cc(Cl)ccc2N)nc1C. The van der Waals surface area contributed by atoms with Gasteiger partial charge >= 0.3 is 6.01 Å². The second-order valence-corrected chi connectivity index (χ2v) is 3.99. The lowest BCUT2D eigenvalue weighted by Gasteiger charge is -2.07. The fourth-order valence-corrected chi connectivity index (χ4v) is 1.34. The summed E-state index contributed by atoms with van der Waals surface area (Å²) in [5.41, 5.74) is 7.73. The molecular weight excluding hydrogens is 240 g/mol. The molecule has 2 N–H and O–H groups in total. The maximum atomic E-state index is 5.85. The molecule has 1 aromatic carbocycles. The van der Waals surface area contributed by atoms with Gasteiger partial charge in [0.2, 0.25) is 0 Å². The monoisotopic (exact) mass is 250 g/mol. The fraction of sp³-hybridized carbons (Fsp3) is 0.182. The van der Waals surface area contributed by atoms with Crippen LogP contribution in [0.3, 0.4) is 0 Å². The van der Waals surface area contributed by atoms with Gasteiger partial charge in [-0.2, -0.15) is 4.98 Å². The molecule has 0 radical (unpaired) electrons. The minimum absolute atomic E-state index is 0.155. The van der Waals surface area contributed by atoms with Crippen LogP contribution in [0.25, 0.3) is 0 Å². The third kappa shape index (κ3) is 2.62. The third-order valence-electron chi connectivity index (χ3n) is 2.25. The minimum atomic E-state index is 0.155. The number of rotatable bonds is 2. The van der Waals surface area contributed by atoms with E-state index in [-0.39, 0.29) is 6.01 Å². The number of nitrogens with two attached hydrogens (primary N) is 1. The average Bonchev–Trinajstić information content (AvgIpc) is 2.29. The van der Waals surface area contributed by atoms with Gasteiger partial charge in [0.1, 0.15) is 0 Å². The van der Waals surface area contributed by atoms with Gasteiger partial charge in [-0.05, 0) is 26.0 Å². The number of halogens is 1. The van der Waals surface area contributed by atoms with E-state index in [4.69, 9.17) is 22.1 Å². The van der Waals surface area contributed by atoms with E-state index in [0.717, 1.165) is 11.4 Å². The highest BCUT2D eigenvalue weighted by Crippen LogP contribution is 2.28. The van der Waals surface area contributed by atoms with Crippen molar-refractivity contribution in [1.82, 2.24) is 15.2 Å². The molecule has 0 saturated heterocycles. The van der Waals surface area contributed by atoms with E-state index in [9.17, 15) is 0 Å². The topological polar surface area (TPSA) is 73.9 Å². The molecule has 0 aliphatic rings. The third-order valence-corrected chi connectivity index (χ3v) is 2.48. The van der Waals surface area contributed by atoms with E-state index in [1.807, 2.05) is 13.8 Å². The Kier molecular flexibility index (Phi) is 3.10. The van der Waals surface area contributed by atoms with Crippen LogP contribution in [0.5, 0.6) is 11.8 Å². The summed E-state index contributed by atoms with van der Waals surface area (Å²) in [5, 5.41) is 8.27. The Morgan fingerprint density at radius 3 is 2.65 bits per heavy atom. The Morgan fingerprint density at radius 2 is 1.94 bits per heavy atom. The highest BCUT2D eigenvalue weighted by Gasteiger charge is 2.07. The lowest BCUT2D eigenvalue weighted by molar-refractivity contribution is 0.432. The van der Waals surface area contributed by atoms with Crippen LogP contribution in [-0.4, -0.2) is 15.2 Å². The van der Waals surface area contributed by atoms with Crippen LogP contribution in [0.15, 0.2) is 18.2 Å². The molecule has 2 aromatic rings. The summed E-state index contributed by atoms with van der Waals surface area (Å²) in [6.07, 6.45) is 0. The van der Waals surface area contributed by atoms with Crippen molar-refractivity contribution in [3.63, 3.8) is 0 Å². The van der Waals surface area contributed by atoms with Gasteiger partial charge in [-0.25, -0.2) is 0 Å². The Balaban J connectivity index is 2.31. The fourth-order valence-electron chi connectivity index (χ4n) is 1.18. The van der Waals surface area contributed by atoms with Crippen molar-refractivity contribution < 1.29 is 4.74 Å². The number of nitrogen functional groups attached to an aromatic ring is 1. The Bertz CT molecular complexity index is 559. The van der Waals surface area contributed by atoms with Gasteiger partial charge in [0.05, 0.1) is 17.1 Å². The Labute approximate surface area is 104 Å².